The number of nitrogens with zero attached hydrogens (tertiary/aromatic N) is 1. The Bertz CT molecular complexity index is 836. The van der Waals surface area contributed by atoms with Crippen LogP contribution in [0.2, 0.25) is 0 Å². The van der Waals surface area contributed by atoms with Crippen molar-refractivity contribution < 1.29 is 19.4 Å². The normalized spacial score (nSPS) is 21.2. The summed E-state index contributed by atoms with van der Waals surface area (Å²) < 4.78 is 6.06. The molecule has 1 aromatic heterocycles. The highest BCUT2D eigenvalue weighted by Crippen LogP contribution is 2.38. The number of hydrogen-bond acceptors (Lipinski definition) is 5. The molecule has 0 radical (unpaired) electrons. The standard InChI is InChI=1S/C20H25NO4S/c1-5-25-19(24)17-9-13-7-6-12(8-16(13)26-17)14-10-21(20(2,3)4)11-15(14)18(22)23/h6-9,14-15H,5,10-11H2,1-4H3,(H,22,23). The number of hydrogen-bond donors (Lipinski definition) is 1. The molecule has 0 amide bonds. The summed E-state index contributed by atoms with van der Waals surface area (Å²) >= 11 is 1.40. The second-order valence-corrected chi connectivity index (χ2v) is 8.84. The molecule has 1 fully saturated rings. The van der Waals surface area contributed by atoms with Gasteiger partial charge in [0, 0.05) is 29.2 Å². The highest BCUT2D eigenvalue weighted by Gasteiger charge is 2.42. The highest BCUT2D eigenvalue weighted by molar-refractivity contribution is 7.20. The van der Waals surface area contributed by atoms with Gasteiger partial charge < -0.3 is 9.84 Å². The number of esters is 1. The van der Waals surface area contributed by atoms with Crippen LogP contribution in [0.25, 0.3) is 10.1 Å². The van der Waals surface area contributed by atoms with Crippen molar-refractivity contribution in [2.24, 2.45) is 5.92 Å². The van der Waals surface area contributed by atoms with Crippen LogP contribution >= 0.6 is 11.3 Å². The van der Waals surface area contributed by atoms with Gasteiger partial charge in [0.15, 0.2) is 0 Å². The fraction of sp³-hybridized carbons (Fsp3) is 0.500. The van der Waals surface area contributed by atoms with Crippen LogP contribution in [0.1, 0.15) is 48.8 Å². The topological polar surface area (TPSA) is 66.8 Å². The molecule has 1 aromatic carbocycles. The molecule has 1 aliphatic rings. The fourth-order valence-corrected chi connectivity index (χ4v) is 4.53. The number of carbonyl (C=O) groups is 2. The third-order valence-corrected chi connectivity index (χ3v) is 6.11. The molecule has 1 aliphatic heterocycles. The molecular formula is C20H25NO4S. The predicted octanol–water partition coefficient (Wildman–Crippen LogP) is 3.98. The molecule has 3 rings (SSSR count). The molecule has 0 spiro atoms. The molecule has 1 N–H and O–H groups in total. The van der Waals surface area contributed by atoms with Crippen molar-refractivity contribution in [1.82, 2.24) is 4.90 Å². The molecule has 0 bridgehead atoms. The Balaban J connectivity index is 1.93. The van der Waals surface area contributed by atoms with E-state index in [1.165, 1.54) is 11.3 Å². The van der Waals surface area contributed by atoms with Crippen LogP contribution in [0.4, 0.5) is 0 Å². The van der Waals surface area contributed by atoms with Gasteiger partial charge in [-0.05, 0) is 50.8 Å². The van der Waals surface area contributed by atoms with Gasteiger partial charge in [-0.3, -0.25) is 9.69 Å². The van der Waals surface area contributed by atoms with Gasteiger partial charge in [-0.1, -0.05) is 12.1 Å². The van der Waals surface area contributed by atoms with E-state index < -0.39 is 11.9 Å². The average molecular weight is 375 g/mol. The number of rotatable bonds is 4. The van der Waals surface area contributed by atoms with Gasteiger partial charge in [0.05, 0.1) is 12.5 Å². The van der Waals surface area contributed by atoms with E-state index in [1.54, 1.807) is 6.92 Å². The van der Waals surface area contributed by atoms with Gasteiger partial charge in [-0.2, -0.15) is 0 Å². The number of carboxylic acid groups (broad SMARTS) is 1. The zero-order valence-electron chi connectivity index (χ0n) is 15.6. The van der Waals surface area contributed by atoms with Crippen LogP contribution < -0.4 is 0 Å². The summed E-state index contributed by atoms with van der Waals surface area (Å²) in [5.41, 5.74) is 0.959. The molecule has 6 heteroatoms. The van der Waals surface area contributed by atoms with Crippen LogP contribution in [0.3, 0.4) is 0 Å². The van der Waals surface area contributed by atoms with Crippen molar-refractivity contribution >= 4 is 33.4 Å². The predicted molar refractivity (Wildman–Crippen MR) is 103 cm³/mol. The summed E-state index contributed by atoms with van der Waals surface area (Å²) in [6, 6.07) is 7.85. The van der Waals surface area contributed by atoms with Gasteiger partial charge in [0.25, 0.3) is 0 Å². The quantitative estimate of drug-likeness (QED) is 0.819. The number of likely N-dealkylation sites (tertiary alicyclic amines) is 1. The Labute approximate surface area is 157 Å². The molecule has 140 valence electrons. The molecule has 2 atom stereocenters. The summed E-state index contributed by atoms with van der Waals surface area (Å²) in [5, 5.41) is 10.7. The second-order valence-electron chi connectivity index (χ2n) is 7.76. The van der Waals surface area contributed by atoms with Gasteiger partial charge in [-0.25, -0.2) is 4.79 Å². The molecular weight excluding hydrogens is 350 g/mol. The zero-order chi connectivity index (χ0) is 19.1. The van der Waals surface area contributed by atoms with Crippen molar-refractivity contribution in [1.29, 1.82) is 0 Å². The van der Waals surface area contributed by atoms with Crippen molar-refractivity contribution in [3.8, 4) is 0 Å². The minimum atomic E-state index is -0.750. The monoisotopic (exact) mass is 375 g/mol. The molecule has 1 saturated heterocycles. The summed E-state index contributed by atoms with van der Waals surface area (Å²) in [6.45, 7) is 9.76. The number of carboxylic acids is 1. The molecule has 0 saturated carbocycles. The van der Waals surface area contributed by atoms with Crippen LogP contribution in [0.15, 0.2) is 24.3 Å². The number of carbonyl (C=O) groups excluding carboxylic acids is 1. The minimum absolute atomic E-state index is 0.0516. The Morgan fingerprint density at radius 2 is 2.00 bits per heavy atom. The molecule has 0 aliphatic carbocycles. The first-order valence-electron chi connectivity index (χ1n) is 8.89. The van der Waals surface area contributed by atoms with E-state index in [0.29, 0.717) is 18.0 Å². The largest absolute Gasteiger partial charge is 0.481 e. The van der Waals surface area contributed by atoms with Crippen LogP contribution in [-0.2, 0) is 9.53 Å². The lowest BCUT2D eigenvalue weighted by Crippen LogP contribution is -2.40. The molecule has 2 unspecified atom stereocenters. The van der Waals surface area contributed by atoms with E-state index in [9.17, 15) is 14.7 Å². The first-order valence-corrected chi connectivity index (χ1v) is 9.71. The number of benzene rings is 1. The minimum Gasteiger partial charge on any atom is -0.481 e. The van der Waals surface area contributed by atoms with Crippen LogP contribution in [-0.4, -0.2) is 47.2 Å². The van der Waals surface area contributed by atoms with Crippen LogP contribution in [0.5, 0.6) is 0 Å². The maximum atomic E-state index is 12.0. The lowest BCUT2D eigenvalue weighted by atomic mass is 9.89. The molecule has 26 heavy (non-hydrogen) atoms. The van der Waals surface area contributed by atoms with Gasteiger partial charge in [0.2, 0.25) is 0 Å². The maximum absolute atomic E-state index is 12.0. The van der Waals surface area contributed by atoms with Gasteiger partial charge >= 0.3 is 11.9 Å². The van der Waals surface area contributed by atoms with E-state index in [-0.39, 0.29) is 17.4 Å². The van der Waals surface area contributed by atoms with E-state index >= 15 is 0 Å². The Kier molecular flexibility index (Phi) is 5.08. The van der Waals surface area contributed by atoms with Crippen molar-refractivity contribution in [2.45, 2.75) is 39.2 Å². The number of thiophene rings is 1. The number of aliphatic carboxylic acids is 1. The zero-order valence-corrected chi connectivity index (χ0v) is 16.4. The molecule has 5 nitrogen and oxygen atoms in total. The Hall–Kier alpha value is -1.92. The molecule has 2 aromatic rings. The van der Waals surface area contributed by atoms with Crippen LogP contribution in [0, 0.1) is 5.92 Å². The lowest BCUT2D eigenvalue weighted by molar-refractivity contribution is -0.141. The second kappa shape index (κ2) is 7.00. The Morgan fingerprint density at radius 1 is 1.27 bits per heavy atom. The summed E-state index contributed by atoms with van der Waals surface area (Å²) in [4.78, 5) is 26.6. The summed E-state index contributed by atoms with van der Waals surface area (Å²) in [6.07, 6.45) is 0. The average Bonchev–Trinajstić information content (AvgIpc) is 3.18. The maximum Gasteiger partial charge on any atom is 0.348 e. The Morgan fingerprint density at radius 3 is 2.62 bits per heavy atom. The first-order chi connectivity index (χ1) is 12.2. The third-order valence-electron chi connectivity index (χ3n) is 5.03. The fourth-order valence-electron chi connectivity index (χ4n) is 3.52. The first kappa shape index (κ1) is 18.9. The van der Waals surface area contributed by atoms with E-state index in [2.05, 4.69) is 25.7 Å². The lowest BCUT2D eigenvalue weighted by Gasteiger charge is -2.31. The summed E-state index contributed by atoms with van der Waals surface area (Å²) in [5.74, 6) is -1.53. The van der Waals surface area contributed by atoms with E-state index in [4.69, 9.17) is 4.74 Å². The van der Waals surface area contributed by atoms with E-state index in [1.807, 2.05) is 24.3 Å². The van der Waals surface area contributed by atoms with E-state index in [0.717, 1.165) is 22.2 Å². The molecule has 2 heterocycles. The van der Waals surface area contributed by atoms with Crippen molar-refractivity contribution in [3.63, 3.8) is 0 Å². The van der Waals surface area contributed by atoms with Crippen molar-refractivity contribution in [3.05, 3.63) is 34.7 Å². The third kappa shape index (κ3) is 3.62. The van der Waals surface area contributed by atoms with Gasteiger partial charge in [0.1, 0.15) is 4.88 Å². The number of fused-ring (bicyclic) bond motifs is 1. The smallest absolute Gasteiger partial charge is 0.348 e. The highest BCUT2D eigenvalue weighted by atomic mass is 32.1. The van der Waals surface area contributed by atoms with Crippen molar-refractivity contribution in [2.75, 3.05) is 19.7 Å². The SMILES string of the molecule is CCOC(=O)c1cc2ccc(C3CN(C(C)(C)C)CC3C(=O)O)cc2s1. The van der Waals surface area contributed by atoms with Gasteiger partial charge in [-0.15, -0.1) is 11.3 Å². The summed E-state index contributed by atoms with van der Waals surface area (Å²) in [7, 11) is 0. The number of ether oxygens (including phenoxy) is 1.